The number of halogens is 2. The molecule has 0 atom stereocenters. The molecule has 0 spiro atoms. The molecule has 11 heteroatoms. The lowest BCUT2D eigenvalue weighted by Crippen LogP contribution is -2.51. The van der Waals surface area contributed by atoms with Crippen LogP contribution in [0, 0.1) is 5.82 Å². The molecule has 1 aliphatic heterocycles. The molecule has 160 valence electrons. The van der Waals surface area contributed by atoms with E-state index >= 15 is 0 Å². The molecule has 1 aliphatic rings. The van der Waals surface area contributed by atoms with Crippen molar-refractivity contribution in [2.75, 3.05) is 38.0 Å². The highest BCUT2D eigenvalue weighted by Crippen LogP contribution is 2.21. The van der Waals surface area contributed by atoms with Crippen LogP contribution in [0.1, 0.15) is 0 Å². The number of hydrogen-bond acceptors (Lipinski definition) is 5. The standard InChI is InChI=1S/C19H20BrFN4O4S/c20-14-4-3-5-15(12-14)30(28,29)25-10-8-24(9-11-25)13-18(26)23-19(27)22-17-7-2-1-6-16(17)21/h1-7,12H,8-11,13H2,(H2,22,23,26,27). The van der Waals surface area contributed by atoms with Crippen LogP contribution in [0.3, 0.4) is 0 Å². The van der Waals surface area contributed by atoms with Gasteiger partial charge in [0.05, 0.1) is 17.1 Å². The van der Waals surface area contributed by atoms with E-state index in [0.717, 1.165) is 0 Å². The zero-order valence-electron chi connectivity index (χ0n) is 15.8. The second-order valence-electron chi connectivity index (χ2n) is 6.62. The van der Waals surface area contributed by atoms with Gasteiger partial charge in [-0.2, -0.15) is 4.31 Å². The van der Waals surface area contributed by atoms with Crippen LogP contribution in [-0.2, 0) is 14.8 Å². The van der Waals surface area contributed by atoms with Crippen molar-refractivity contribution in [2.45, 2.75) is 4.90 Å². The summed E-state index contributed by atoms with van der Waals surface area (Å²) >= 11 is 3.27. The molecule has 1 heterocycles. The Labute approximate surface area is 182 Å². The van der Waals surface area contributed by atoms with E-state index in [1.54, 1.807) is 29.2 Å². The van der Waals surface area contributed by atoms with Gasteiger partial charge in [0.25, 0.3) is 0 Å². The molecule has 0 bridgehead atoms. The van der Waals surface area contributed by atoms with Crippen LogP contribution in [0.4, 0.5) is 14.9 Å². The highest BCUT2D eigenvalue weighted by atomic mass is 79.9. The number of piperazine rings is 1. The summed E-state index contributed by atoms with van der Waals surface area (Å²) in [5, 5.41) is 4.41. The summed E-state index contributed by atoms with van der Waals surface area (Å²) in [5.41, 5.74) is -0.0332. The second kappa shape index (κ2) is 9.65. The molecule has 2 aromatic rings. The molecular weight excluding hydrogens is 479 g/mol. The van der Waals surface area contributed by atoms with E-state index in [4.69, 9.17) is 0 Å². The molecule has 0 aromatic heterocycles. The lowest BCUT2D eigenvalue weighted by Gasteiger charge is -2.33. The van der Waals surface area contributed by atoms with E-state index in [-0.39, 0.29) is 30.2 Å². The van der Waals surface area contributed by atoms with Gasteiger partial charge in [0.1, 0.15) is 5.82 Å². The van der Waals surface area contributed by atoms with Gasteiger partial charge in [-0.15, -0.1) is 0 Å². The van der Waals surface area contributed by atoms with Gasteiger partial charge in [-0.25, -0.2) is 17.6 Å². The third kappa shape index (κ3) is 5.63. The van der Waals surface area contributed by atoms with E-state index in [1.807, 2.05) is 0 Å². The molecule has 8 nitrogen and oxygen atoms in total. The van der Waals surface area contributed by atoms with Crippen molar-refractivity contribution < 1.29 is 22.4 Å². The molecule has 0 radical (unpaired) electrons. The quantitative estimate of drug-likeness (QED) is 0.658. The fourth-order valence-corrected chi connectivity index (χ4v) is 5.01. The third-order valence-corrected chi connectivity index (χ3v) is 6.90. The van der Waals surface area contributed by atoms with Crippen molar-refractivity contribution in [2.24, 2.45) is 0 Å². The van der Waals surface area contributed by atoms with Crippen molar-refractivity contribution in [1.29, 1.82) is 0 Å². The van der Waals surface area contributed by atoms with E-state index in [9.17, 15) is 22.4 Å². The predicted molar refractivity (Wildman–Crippen MR) is 113 cm³/mol. The maximum Gasteiger partial charge on any atom is 0.326 e. The first kappa shape index (κ1) is 22.3. The zero-order valence-corrected chi connectivity index (χ0v) is 18.2. The van der Waals surface area contributed by atoms with Crippen molar-refractivity contribution in [1.82, 2.24) is 14.5 Å². The van der Waals surface area contributed by atoms with Crippen LogP contribution >= 0.6 is 15.9 Å². The third-order valence-electron chi connectivity index (χ3n) is 4.51. The number of rotatable bonds is 5. The van der Waals surface area contributed by atoms with Crippen LogP contribution in [-0.4, -0.2) is 62.3 Å². The maximum atomic E-state index is 13.5. The number of para-hydroxylation sites is 1. The van der Waals surface area contributed by atoms with Gasteiger partial charge in [0, 0.05) is 30.7 Å². The van der Waals surface area contributed by atoms with E-state index in [2.05, 4.69) is 26.6 Å². The van der Waals surface area contributed by atoms with E-state index in [0.29, 0.717) is 17.6 Å². The van der Waals surface area contributed by atoms with Crippen molar-refractivity contribution in [3.8, 4) is 0 Å². The minimum Gasteiger partial charge on any atom is -0.305 e. The van der Waals surface area contributed by atoms with Crippen LogP contribution in [0.2, 0.25) is 0 Å². The largest absolute Gasteiger partial charge is 0.326 e. The Morgan fingerprint density at radius 1 is 1.03 bits per heavy atom. The van der Waals surface area contributed by atoms with Gasteiger partial charge in [-0.05, 0) is 30.3 Å². The molecular formula is C19H20BrFN4O4S. The number of hydrogen-bond donors (Lipinski definition) is 2. The number of nitrogens with zero attached hydrogens (tertiary/aromatic N) is 2. The minimum atomic E-state index is -3.62. The summed E-state index contributed by atoms with van der Waals surface area (Å²) in [6.45, 7) is 1.06. The van der Waals surface area contributed by atoms with Gasteiger partial charge >= 0.3 is 6.03 Å². The second-order valence-corrected chi connectivity index (χ2v) is 9.47. The number of benzene rings is 2. The van der Waals surface area contributed by atoms with E-state index in [1.165, 1.54) is 28.6 Å². The molecule has 3 amide bonds. The molecule has 2 aromatic carbocycles. The maximum absolute atomic E-state index is 13.5. The molecule has 3 rings (SSSR count). The number of carbonyl (C=O) groups is 2. The normalized spacial score (nSPS) is 15.5. The van der Waals surface area contributed by atoms with Crippen molar-refractivity contribution in [3.05, 3.63) is 58.8 Å². The first-order valence-corrected chi connectivity index (χ1v) is 11.3. The SMILES string of the molecule is O=C(CN1CCN(S(=O)(=O)c2cccc(Br)c2)CC1)NC(=O)Nc1ccccc1F. The summed E-state index contributed by atoms with van der Waals surface area (Å²) in [4.78, 5) is 25.9. The number of sulfonamides is 1. The Morgan fingerprint density at radius 2 is 1.73 bits per heavy atom. The molecule has 1 saturated heterocycles. The monoisotopic (exact) mass is 498 g/mol. The minimum absolute atomic E-state index is 0.0332. The first-order chi connectivity index (χ1) is 14.3. The Balaban J connectivity index is 1.49. The van der Waals surface area contributed by atoms with Gasteiger partial charge in [-0.3, -0.25) is 15.0 Å². The fraction of sp³-hybridized carbons (Fsp3) is 0.263. The molecule has 1 fully saturated rings. The van der Waals surface area contributed by atoms with Crippen LogP contribution in [0.25, 0.3) is 0 Å². The number of amides is 3. The Bertz CT molecular complexity index is 1040. The first-order valence-electron chi connectivity index (χ1n) is 9.09. The molecule has 0 unspecified atom stereocenters. The lowest BCUT2D eigenvalue weighted by molar-refractivity contribution is -0.121. The van der Waals surface area contributed by atoms with Gasteiger partial charge in [-0.1, -0.05) is 34.1 Å². The number of anilines is 1. The number of nitrogens with one attached hydrogen (secondary N) is 2. The highest BCUT2D eigenvalue weighted by molar-refractivity contribution is 9.10. The zero-order chi connectivity index (χ0) is 21.7. The molecule has 0 aliphatic carbocycles. The topological polar surface area (TPSA) is 98.8 Å². The van der Waals surface area contributed by atoms with Gasteiger partial charge in [0.15, 0.2) is 0 Å². The van der Waals surface area contributed by atoms with Gasteiger partial charge < -0.3 is 5.32 Å². The molecule has 0 saturated carbocycles. The summed E-state index contributed by atoms with van der Waals surface area (Å²) in [5.74, 6) is -1.17. The average Bonchev–Trinajstić information content (AvgIpc) is 2.70. The van der Waals surface area contributed by atoms with Gasteiger partial charge in [0.2, 0.25) is 15.9 Å². The average molecular weight is 499 g/mol. The lowest BCUT2D eigenvalue weighted by atomic mass is 10.3. The Morgan fingerprint density at radius 3 is 2.40 bits per heavy atom. The highest BCUT2D eigenvalue weighted by Gasteiger charge is 2.29. The Hall–Kier alpha value is -2.34. The van der Waals surface area contributed by atoms with Crippen molar-refractivity contribution >= 4 is 43.6 Å². The smallest absolute Gasteiger partial charge is 0.305 e. The van der Waals surface area contributed by atoms with E-state index < -0.39 is 27.8 Å². The molecule has 2 N–H and O–H groups in total. The fourth-order valence-electron chi connectivity index (χ4n) is 2.99. The summed E-state index contributed by atoms with van der Waals surface area (Å²) < 4.78 is 41.1. The number of imide groups is 1. The predicted octanol–water partition coefficient (Wildman–Crippen LogP) is 2.24. The molecule has 30 heavy (non-hydrogen) atoms. The van der Waals surface area contributed by atoms with Crippen LogP contribution < -0.4 is 10.6 Å². The summed E-state index contributed by atoms with van der Waals surface area (Å²) in [7, 11) is -3.62. The number of carbonyl (C=O) groups excluding carboxylic acids is 2. The van der Waals surface area contributed by atoms with Crippen LogP contribution in [0.15, 0.2) is 57.9 Å². The number of urea groups is 1. The van der Waals surface area contributed by atoms with Crippen molar-refractivity contribution in [3.63, 3.8) is 0 Å². The summed E-state index contributed by atoms with van der Waals surface area (Å²) in [6, 6.07) is 11.3. The Kier molecular flexibility index (Phi) is 7.19. The van der Waals surface area contributed by atoms with Crippen LogP contribution in [0.5, 0.6) is 0 Å². The summed E-state index contributed by atoms with van der Waals surface area (Å²) in [6.07, 6.45) is 0.